The minimum absolute atomic E-state index is 0.0994. The Balaban J connectivity index is 3.17. The highest BCUT2D eigenvalue weighted by atomic mass is 32.2. The molecular formula is C12H20N2O3S. The summed E-state index contributed by atoms with van der Waals surface area (Å²) >= 11 is 0. The van der Waals surface area contributed by atoms with Crippen LogP contribution in [0.3, 0.4) is 0 Å². The summed E-state index contributed by atoms with van der Waals surface area (Å²) in [5, 5.41) is 8.86. The SMILES string of the molecule is CCN(CCCO)c1cccc(S(C)(=O)=O)c1N. The lowest BCUT2D eigenvalue weighted by Crippen LogP contribution is -2.26. The van der Waals surface area contributed by atoms with Gasteiger partial charge in [0.15, 0.2) is 9.84 Å². The largest absolute Gasteiger partial charge is 0.396 e. The van der Waals surface area contributed by atoms with Gasteiger partial charge in [-0.05, 0) is 25.5 Å². The van der Waals surface area contributed by atoms with Crippen molar-refractivity contribution in [3.8, 4) is 0 Å². The second-order valence-corrected chi connectivity index (χ2v) is 6.10. The molecule has 0 fully saturated rings. The first-order valence-electron chi connectivity index (χ1n) is 5.86. The second kappa shape index (κ2) is 6.06. The molecule has 0 aliphatic carbocycles. The fraction of sp³-hybridized carbons (Fsp3) is 0.500. The molecule has 1 aromatic carbocycles. The van der Waals surface area contributed by atoms with Gasteiger partial charge in [0.1, 0.15) is 0 Å². The summed E-state index contributed by atoms with van der Waals surface area (Å²) in [6.07, 6.45) is 1.77. The first kappa shape index (κ1) is 14.8. The Hall–Kier alpha value is -1.27. The fourth-order valence-electron chi connectivity index (χ4n) is 1.84. The molecule has 0 amide bonds. The van der Waals surface area contributed by atoms with Crippen molar-refractivity contribution in [2.75, 3.05) is 36.6 Å². The standard InChI is InChI=1S/C12H20N2O3S/c1-3-14(8-5-9-15)10-6-4-7-11(12(10)13)18(2,16)17/h4,6-7,15H,3,5,8-9,13H2,1-2H3. The summed E-state index contributed by atoms with van der Waals surface area (Å²) < 4.78 is 23.2. The number of sulfone groups is 1. The van der Waals surface area contributed by atoms with E-state index in [-0.39, 0.29) is 17.2 Å². The normalized spacial score (nSPS) is 11.5. The molecule has 0 aromatic heterocycles. The Morgan fingerprint density at radius 3 is 2.56 bits per heavy atom. The first-order chi connectivity index (χ1) is 8.41. The van der Waals surface area contributed by atoms with Crippen LogP contribution in [0.2, 0.25) is 0 Å². The van der Waals surface area contributed by atoms with Crippen LogP contribution in [-0.4, -0.2) is 39.5 Å². The maximum atomic E-state index is 11.6. The first-order valence-corrected chi connectivity index (χ1v) is 7.75. The van der Waals surface area contributed by atoms with E-state index in [1.165, 1.54) is 6.07 Å². The van der Waals surface area contributed by atoms with Crippen molar-refractivity contribution in [2.24, 2.45) is 0 Å². The highest BCUT2D eigenvalue weighted by molar-refractivity contribution is 7.90. The number of nitrogens with two attached hydrogens (primary N) is 1. The van der Waals surface area contributed by atoms with Gasteiger partial charge in [-0.1, -0.05) is 6.07 Å². The molecule has 0 aliphatic heterocycles. The molecular weight excluding hydrogens is 252 g/mol. The van der Waals surface area contributed by atoms with Crippen molar-refractivity contribution in [1.82, 2.24) is 0 Å². The van der Waals surface area contributed by atoms with Gasteiger partial charge in [-0.25, -0.2) is 8.42 Å². The number of hydrogen-bond acceptors (Lipinski definition) is 5. The van der Waals surface area contributed by atoms with Gasteiger partial charge in [0, 0.05) is 26.0 Å². The summed E-state index contributed by atoms with van der Waals surface area (Å²) in [5.41, 5.74) is 6.91. The van der Waals surface area contributed by atoms with Crippen molar-refractivity contribution >= 4 is 21.2 Å². The Bertz CT molecular complexity index is 500. The number of aliphatic hydroxyl groups is 1. The monoisotopic (exact) mass is 272 g/mol. The van der Waals surface area contributed by atoms with Crippen LogP contribution >= 0.6 is 0 Å². The van der Waals surface area contributed by atoms with E-state index in [0.29, 0.717) is 25.2 Å². The lowest BCUT2D eigenvalue weighted by molar-refractivity contribution is 0.289. The van der Waals surface area contributed by atoms with Crippen LogP contribution in [0.25, 0.3) is 0 Å². The van der Waals surface area contributed by atoms with Gasteiger partial charge in [0.05, 0.1) is 16.3 Å². The van der Waals surface area contributed by atoms with Crippen LogP contribution in [0, 0.1) is 0 Å². The maximum absolute atomic E-state index is 11.6. The molecule has 3 N–H and O–H groups in total. The molecule has 0 saturated heterocycles. The van der Waals surface area contributed by atoms with E-state index in [4.69, 9.17) is 10.8 Å². The molecule has 0 spiro atoms. The lowest BCUT2D eigenvalue weighted by Gasteiger charge is -2.25. The summed E-state index contributed by atoms with van der Waals surface area (Å²) in [7, 11) is -3.32. The zero-order chi connectivity index (χ0) is 13.8. The third kappa shape index (κ3) is 3.36. The van der Waals surface area contributed by atoms with Gasteiger partial charge >= 0.3 is 0 Å². The Morgan fingerprint density at radius 1 is 1.39 bits per heavy atom. The highest BCUT2D eigenvalue weighted by Crippen LogP contribution is 2.29. The Labute approximate surface area is 108 Å². The maximum Gasteiger partial charge on any atom is 0.177 e. The van der Waals surface area contributed by atoms with Gasteiger partial charge in [-0.3, -0.25) is 0 Å². The van der Waals surface area contributed by atoms with Crippen LogP contribution in [-0.2, 0) is 9.84 Å². The zero-order valence-electron chi connectivity index (χ0n) is 10.8. The zero-order valence-corrected chi connectivity index (χ0v) is 11.6. The van der Waals surface area contributed by atoms with Gasteiger partial charge < -0.3 is 15.7 Å². The quantitative estimate of drug-likeness (QED) is 0.751. The number of hydrogen-bond donors (Lipinski definition) is 2. The molecule has 0 unspecified atom stereocenters. The third-order valence-corrected chi connectivity index (χ3v) is 3.91. The van der Waals surface area contributed by atoms with Crippen LogP contribution in [0.15, 0.2) is 23.1 Å². The van der Waals surface area contributed by atoms with Crippen molar-refractivity contribution in [2.45, 2.75) is 18.2 Å². The van der Waals surface area contributed by atoms with E-state index in [1.807, 2.05) is 11.8 Å². The Kier molecular flexibility index (Phi) is 4.98. The molecule has 102 valence electrons. The number of rotatable bonds is 6. The van der Waals surface area contributed by atoms with Crippen molar-refractivity contribution in [3.63, 3.8) is 0 Å². The number of anilines is 2. The minimum Gasteiger partial charge on any atom is -0.396 e. The van der Waals surface area contributed by atoms with Crippen molar-refractivity contribution in [1.29, 1.82) is 0 Å². The second-order valence-electron chi connectivity index (χ2n) is 4.12. The smallest absolute Gasteiger partial charge is 0.177 e. The third-order valence-electron chi connectivity index (χ3n) is 2.75. The number of nitrogens with zero attached hydrogens (tertiary/aromatic N) is 1. The average molecular weight is 272 g/mol. The summed E-state index contributed by atoms with van der Waals surface area (Å²) in [5.74, 6) is 0. The molecule has 0 radical (unpaired) electrons. The molecule has 0 atom stereocenters. The molecule has 0 heterocycles. The van der Waals surface area contributed by atoms with Gasteiger partial charge in [0.25, 0.3) is 0 Å². The van der Waals surface area contributed by atoms with Crippen LogP contribution in [0.1, 0.15) is 13.3 Å². The Morgan fingerprint density at radius 2 is 2.06 bits per heavy atom. The molecule has 1 rings (SSSR count). The number of benzene rings is 1. The van der Waals surface area contributed by atoms with E-state index in [1.54, 1.807) is 12.1 Å². The van der Waals surface area contributed by atoms with Crippen LogP contribution in [0.5, 0.6) is 0 Å². The molecule has 5 nitrogen and oxygen atoms in total. The average Bonchev–Trinajstić information content (AvgIpc) is 2.30. The van der Waals surface area contributed by atoms with E-state index in [0.717, 1.165) is 6.26 Å². The van der Waals surface area contributed by atoms with E-state index >= 15 is 0 Å². The van der Waals surface area contributed by atoms with E-state index in [2.05, 4.69) is 0 Å². The van der Waals surface area contributed by atoms with Crippen LogP contribution < -0.4 is 10.6 Å². The highest BCUT2D eigenvalue weighted by Gasteiger charge is 2.16. The summed E-state index contributed by atoms with van der Waals surface area (Å²) in [6.45, 7) is 3.41. The van der Waals surface area contributed by atoms with E-state index in [9.17, 15) is 8.42 Å². The lowest BCUT2D eigenvalue weighted by atomic mass is 10.2. The van der Waals surface area contributed by atoms with E-state index < -0.39 is 9.84 Å². The number of aliphatic hydroxyl groups excluding tert-OH is 1. The van der Waals surface area contributed by atoms with Gasteiger partial charge in [-0.15, -0.1) is 0 Å². The summed E-state index contributed by atoms with van der Waals surface area (Å²) in [6, 6.07) is 4.99. The predicted molar refractivity (Wildman–Crippen MR) is 73.6 cm³/mol. The molecule has 18 heavy (non-hydrogen) atoms. The molecule has 0 saturated carbocycles. The van der Waals surface area contributed by atoms with Crippen molar-refractivity contribution < 1.29 is 13.5 Å². The van der Waals surface area contributed by atoms with Gasteiger partial charge in [0.2, 0.25) is 0 Å². The number of nitrogen functional groups attached to an aromatic ring is 1. The minimum atomic E-state index is -3.32. The van der Waals surface area contributed by atoms with Crippen LogP contribution in [0.4, 0.5) is 11.4 Å². The number of para-hydroxylation sites is 1. The summed E-state index contributed by atoms with van der Waals surface area (Å²) in [4.78, 5) is 2.11. The van der Waals surface area contributed by atoms with Gasteiger partial charge in [-0.2, -0.15) is 0 Å². The molecule has 1 aromatic rings. The fourth-order valence-corrected chi connectivity index (χ4v) is 2.67. The molecule has 0 aliphatic rings. The van der Waals surface area contributed by atoms with Crippen molar-refractivity contribution in [3.05, 3.63) is 18.2 Å². The predicted octanol–water partition coefficient (Wildman–Crippen LogP) is 0.881. The topological polar surface area (TPSA) is 83.6 Å². The molecule has 0 bridgehead atoms. The molecule has 6 heteroatoms.